The van der Waals surface area contributed by atoms with Crippen molar-refractivity contribution in [3.8, 4) is 28.5 Å². The summed E-state index contributed by atoms with van der Waals surface area (Å²) in [6.45, 7) is 3.74. The predicted octanol–water partition coefficient (Wildman–Crippen LogP) is 7.26. The molecule has 1 unspecified atom stereocenters. The molecule has 5 aromatic rings. The number of aryl methyl sites for hydroxylation is 1. The summed E-state index contributed by atoms with van der Waals surface area (Å²) in [4.78, 5) is 22.7. The number of thioether (sulfide) groups is 1. The highest BCUT2D eigenvalue weighted by Crippen LogP contribution is 2.36. The average molecular weight is 501 g/mol. The molecular formula is C31H24N4OS. The van der Waals surface area contributed by atoms with E-state index in [0.717, 1.165) is 44.7 Å². The maximum absolute atomic E-state index is 13.3. The Morgan fingerprint density at radius 3 is 2.24 bits per heavy atom. The van der Waals surface area contributed by atoms with Crippen LogP contribution in [0, 0.1) is 18.3 Å². The van der Waals surface area contributed by atoms with Crippen molar-refractivity contribution in [3.05, 3.63) is 108 Å². The van der Waals surface area contributed by atoms with Crippen LogP contribution in [-0.2, 0) is 4.79 Å². The van der Waals surface area contributed by atoms with Crippen LogP contribution in [0.2, 0.25) is 0 Å². The Labute approximate surface area is 220 Å². The quantitative estimate of drug-likeness (QED) is 0.248. The third-order valence-corrected chi connectivity index (χ3v) is 7.10. The first-order valence-electron chi connectivity index (χ1n) is 11.9. The molecule has 0 saturated heterocycles. The zero-order chi connectivity index (χ0) is 25.8. The normalized spacial score (nSPS) is 11.6. The standard InChI is InChI=1S/C31H24N4OS/c1-20-17-29(24-15-9-10-16-27(24)33-20)34-30(36)21(2)37-31-26(19-32)25(22-11-5-3-6-12-22)18-28(35-31)23-13-7-4-8-14-23/h3-18,21H,1-2H3,(H,33,34,36). The lowest BCUT2D eigenvalue weighted by molar-refractivity contribution is -0.115. The van der Waals surface area contributed by atoms with Crippen molar-refractivity contribution in [3.63, 3.8) is 0 Å². The first-order valence-corrected chi connectivity index (χ1v) is 12.8. The summed E-state index contributed by atoms with van der Waals surface area (Å²) in [6.07, 6.45) is 0. The van der Waals surface area contributed by atoms with E-state index in [1.165, 1.54) is 11.8 Å². The number of nitrogens with one attached hydrogen (secondary N) is 1. The van der Waals surface area contributed by atoms with Crippen LogP contribution in [-0.4, -0.2) is 21.1 Å². The lowest BCUT2D eigenvalue weighted by Gasteiger charge is -2.16. The Kier molecular flexibility index (Phi) is 6.98. The van der Waals surface area contributed by atoms with E-state index in [4.69, 9.17) is 4.98 Å². The van der Waals surface area contributed by atoms with Crippen molar-refractivity contribution in [1.29, 1.82) is 5.26 Å². The number of para-hydroxylation sites is 1. The first-order chi connectivity index (χ1) is 18.0. The molecule has 5 nitrogen and oxygen atoms in total. The second-order valence-corrected chi connectivity index (χ2v) is 9.99. The summed E-state index contributed by atoms with van der Waals surface area (Å²) in [7, 11) is 0. The van der Waals surface area contributed by atoms with Crippen LogP contribution in [0.5, 0.6) is 0 Å². The van der Waals surface area contributed by atoms with Gasteiger partial charge in [0.15, 0.2) is 0 Å². The Morgan fingerprint density at radius 2 is 1.54 bits per heavy atom. The number of fused-ring (bicyclic) bond motifs is 1. The van der Waals surface area contributed by atoms with Gasteiger partial charge in [0, 0.05) is 22.2 Å². The fraction of sp³-hybridized carbons (Fsp3) is 0.0968. The molecule has 0 bridgehead atoms. The van der Waals surface area contributed by atoms with Crippen molar-refractivity contribution in [2.24, 2.45) is 0 Å². The number of aromatic nitrogens is 2. The van der Waals surface area contributed by atoms with Gasteiger partial charge in [0.2, 0.25) is 5.91 Å². The van der Waals surface area contributed by atoms with Gasteiger partial charge in [-0.25, -0.2) is 4.98 Å². The second-order valence-electron chi connectivity index (χ2n) is 8.66. The summed E-state index contributed by atoms with van der Waals surface area (Å²) in [5.41, 5.74) is 6.25. The molecule has 6 heteroatoms. The topological polar surface area (TPSA) is 78.7 Å². The third kappa shape index (κ3) is 5.23. The van der Waals surface area contributed by atoms with Crippen molar-refractivity contribution >= 4 is 34.3 Å². The predicted molar refractivity (Wildman–Crippen MR) is 150 cm³/mol. The minimum atomic E-state index is -0.499. The van der Waals surface area contributed by atoms with Crippen molar-refractivity contribution in [2.45, 2.75) is 24.1 Å². The van der Waals surface area contributed by atoms with Gasteiger partial charge in [0.05, 0.1) is 27.7 Å². The highest BCUT2D eigenvalue weighted by atomic mass is 32.2. The maximum Gasteiger partial charge on any atom is 0.237 e. The number of hydrogen-bond donors (Lipinski definition) is 1. The molecule has 0 aliphatic carbocycles. The zero-order valence-corrected chi connectivity index (χ0v) is 21.3. The number of nitriles is 1. The van der Waals surface area contributed by atoms with Gasteiger partial charge < -0.3 is 5.32 Å². The van der Waals surface area contributed by atoms with Crippen LogP contribution in [0.3, 0.4) is 0 Å². The highest BCUT2D eigenvalue weighted by Gasteiger charge is 2.22. The van der Waals surface area contributed by atoms with Crippen LogP contribution in [0.25, 0.3) is 33.3 Å². The van der Waals surface area contributed by atoms with Crippen molar-refractivity contribution in [2.75, 3.05) is 5.32 Å². The summed E-state index contributed by atoms with van der Waals surface area (Å²) >= 11 is 1.29. The number of nitrogens with zero attached hydrogens (tertiary/aromatic N) is 3. The molecule has 0 radical (unpaired) electrons. The SMILES string of the molecule is Cc1cc(NC(=O)C(C)Sc2nc(-c3ccccc3)cc(-c3ccccc3)c2C#N)c2ccccc2n1. The van der Waals surface area contributed by atoms with Gasteiger partial charge in [-0.3, -0.25) is 9.78 Å². The fourth-order valence-corrected chi connectivity index (χ4v) is 5.11. The van der Waals surface area contributed by atoms with Crippen LogP contribution in [0.15, 0.2) is 102 Å². The summed E-state index contributed by atoms with van der Waals surface area (Å²) in [6, 6.07) is 33.6. The summed E-state index contributed by atoms with van der Waals surface area (Å²) in [5.74, 6) is -0.169. The molecule has 0 aliphatic rings. The van der Waals surface area contributed by atoms with Gasteiger partial charge in [-0.2, -0.15) is 5.26 Å². The molecule has 3 aromatic carbocycles. The first kappa shape index (κ1) is 24.2. The van der Waals surface area contributed by atoms with Gasteiger partial charge in [0.1, 0.15) is 11.1 Å². The molecule has 0 saturated carbocycles. The molecule has 2 heterocycles. The lowest BCUT2D eigenvalue weighted by atomic mass is 9.99. The molecule has 1 N–H and O–H groups in total. The molecule has 0 aliphatic heterocycles. The van der Waals surface area contributed by atoms with E-state index in [0.29, 0.717) is 10.6 Å². The molecule has 0 spiro atoms. The summed E-state index contributed by atoms with van der Waals surface area (Å²) < 4.78 is 0. The number of hydrogen-bond acceptors (Lipinski definition) is 5. The minimum absolute atomic E-state index is 0.169. The molecule has 2 aromatic heterocycles. The van der Waals surface area contributed by atoms with Crippen LogP contribution < -0.4 is 5.32 Å². The molecule has 0 fully saturated rings. The monoisotopic (exact) mass is 500 g/mol. The Bertz CT molecular complexity index is 1630. The molecule has 180 valence electrons. The molecular weight excluding hydrogens is 476 g/mol. The average Bonchev–Trinajstić information content (AvgIpc) is 2.93. The Morgan fingerprint density at radius 1 is 0.892 bits per heavy atom. The highest BCUT2D eigenvalue weighted by molar-refractivity contribution is 8.00. The minimum Gasteiger partial charge on any atom is -0.324 e. The number of carbonyl (C=O) groups is 1. The zero-order valence-electron chi connectivity index (χ0n) is 20.5. The number of anilines is 1. The molecule has 1 atom stereocenters. The van der Waals surface area contributed by atoms with E-state index >= 15 is 0 Å². The molecule has 37 heavy (non-hydrogen) atoms. The van der Waals surface area contributed by atoms with E-state index in [1.54, 1.807) is 0 Å². The van der Waals surface area contributed by atoms with Gasteiger partial charge in [-0.15, -0.1) is 0 Å². The summed E-state index contributed by atoms with van der Waals surface area (Å²) in [5, 5.41) is 14.1. The van der Waals surface area contributed by atoms with Crippen molar-refractivity contribution in [1.82, 2.24) is 9.97 Å². The van der Waals surface area contributed by atoms with E-state index in [2.05, 4.69) is 16.4 Å². The number of pyridine rings is 2. The van der Waals surface area contributed by atoms with E-state index < -0.39 is 5.25 Å². The Balaban J connectivity index is 1.51. The van der Waals surface area contributed by atoms with Gasteiger partial charge in [0.25, 0.3) is 0 Å². The lowest BCUT2D eigenvalue weighted by Crippen LogP contribution is -2.23. The second kappa shape index (κ2) is 10.7. The van der Waals surface area contributed by atoms with E-state index in [1.807, 2.05) is 111 Å². The Hall–Kier alpha value is -4.47. The van der Waals surface area contributed by atoms with E-state index in [9.17, 15) is 10.1 Å². The molecule has 1 amide bonds. The van der Waals surface area contributed by atoms with Gasteiger partial charge >= 0.3 is 0 Å². The third-order valence-electron chi connectivity index (χ3n) is 6.01. The van der Waals surface area contributed by atoms with Gasteiger partial charge in [-0.1, -0.05) is 90.6 Å². The van der Waals surface area contributed by atoms with E-state index in [-0.39, 0.29) is 5.91 Å². The molecule has 5 rings (SSSR count). The maximum atomic E-state index is 13.3. The van der Waals surface area contributed by atoms with Crippen molar-refractivity contribution < 1.29 is 4.79 Å². The number of rotatable bonds is 6. The van der Waals surface area contributed by atoms with Crippen LogP contribution in [0.4, 0.5) is 5.69 Å². The van der Waals surface area contributed by atoms with Crippen LogP contribution in [0.1, 0.15) is 18.2 Å². The van der Waals surface area contributed by atoms with Gasteiger partial charge in [-0.05, 0) is 37.6 Å². The number of carbonyl (C=O) groups excluding carboxylic acids is 1. The fourth-order valence-electron chi connectivity index (χ4n) is 4.18. The largest absolute Gasteiger partial charge is 0.324 e. The smallest absolute Gasteiger partial charge is 0.237 e. The van der Waals surface area contributed by atoms with Crippen LogP contribution >= 0.6 is 11.8 Å². The number of amides is 1. The number of benzene rings is 3.